The molecule has 0 amide bonds. The van der Waals surface area contributed by atoms with E-state index in [1.165, 1.54) is 0 Å². The average molecular weight is 196 g/mol. The lowest BCUT2D eigenvalue weighted by molar-refractivity contribution is 0.315. The summed E-state index contributed by atoms with van der Waals surface area (Å²) in [5.74, 6) is 0.912. The van der Waals surface area contributed by atoms with Gasteiger partial charge in [0, 0.05) is 0 Å². The Balaban J connectivity index is 2.13. The van der Waals surface area contributed by atoms with Crippen LogP contribution in [0.4, 0.5) is 0 Å². The van der Waals surface area contributed by atoms with E-state index in [2.05, 4.69) is 0 Å². The molecule has 0 saturated heterocycles. The quantitative estimate of drug-likeness (QED) is 0.575. The SMILES string of the molecule is C[SiH](O)CCCOc1ccccc1. The van der Waals surface area contributed by atoms with Crippen molar-refractivity contribution >= 4 is 9.04 Å². The van der Waals surface area contributed by atoms with Gasteiger partial charge in [-0.2, -0.15) is 0 Å². The lowest BCUT2D eigenvalue weighted by atomic mass is 10.3. The largest absolute Gasteiger partial charge is 0.494 e. The van der Waals surface area contributed by atoms with Gasteiger partial charge >= 0.3 is 0 Å². The number of hydrogen-bond donors (Lipinski definition) is 1. The number of ether oxygens (including phenoxy) is 1. The van der Waals surface area contributed by atoms with Crippen LogP contribution in [-0.4, -0.2) is 20.4 Å². The number of hydrogen-bond acceptors (Lipinski definition) is 2. The van der Waals surface area contributed by atoms with Gasteiger partial charge in [-0.15, -0.1) is 0 Å². The Bertz CT molecular complexity index is 224. The highest BCUT2D eigenvalue weighted by molar-refractivity contribution is 6.48. The molecular weight excluding hydrogens is 180 g/mol. The fraction of sp³-hybridized carbons (Fsp3) is 0.400. The first-order chi connectivity index (χ1) is 6.29. The molecule has 72 valence electrons. The van der Waals surface area contributed by atoms with Gasteiger partial charge in [0.05, 0.1) is 6.61 Å². The van der Waals surface area contributed by atoms with Crippen LogP contribution in [0.25, 0.3) is 0 Å². The van der Waals surface area contributed by atoms with Crippen LogP contribution in [-0.2, 0) is 0 Å². The summed E-state index contributed by atoms with van der Waals surface area (Å²) in [5.41, 5.74) is 0. The molecule has 3 heteroatoms. The van der Waals surface area contributed by atoms with Gasteiger partial charge in [0.2, 0.25) is 0 Å². The molecule has 0 fully saturated rings. The van der Waals surface area contributed by atoms with E-state index in [1.54, 1.807) is 0 Å². The van der Waals surface area contributed by atoms with Gasteiger partial charge < -0.3 is 9.53 Å². The second kappa shape index (κ2) is 5.78. The van der Waals surface area contributed by atoms with E-state index in [9.17, 15) is 0 Å². The molecule has 13 heavy (non-hydrogen) atoms. The molecule has 2 nitrogen and oxygen atoms in total. The van der Waals surface area contributed by atoms with Gasteiger partial charge in [0.15, 0.2) is 9.04 Å². The van der Waals surface area contributed by atoms with Crippen molar-refractivity contribution in [3.05, 3.63) is 30.3 Å². The maximum atomic E-state index is 9.13. The van der Waals surface area contributed by atoms with Crippen molar-refractivity contribution in [3.63, 3.8) is 0 Å². The van der Waals surface area contributed by atoms with Gasteiger partial charge in [-0.1, -0.05) is 18.2 Å². The fourth-order valence-electron chi connectivity index (χ4n) is 1.09. The molecule has 1 atom stereocenters. The Morgan fingerprint density at radius 3 is 2.62 bits per heavy atom. The third-order valence-corrected chi connectivity index (χ3v) is 3.02. The second-order valence-electron chi connectivity index (χ2n) is 3.15. The van der Waals surface area contributed by atoms with E-state index in [0.29, 0.717) is 6.61 Å². The summed E-state index contributed by atoms with van der Waals surface area (Å²) in [7, 11) is -1.38. The molecule has 0 heterocycles. The zero-order chi connectivity index (χ0) is 9.52. The molecule has 0 aromatic heterocycles. The monoisotopic (exact) mass is 196 g/mol. The van der Waals surface area contributed by atoms with Gasteiger partial charge in [-0.3, -0.25) is 0 Å². The molecule has 1 unspecified atom stereocenters. The molecule has 0 aliphatic heterocycles. The van der Waals surface area contributed by atoms with Gasteiger partial charge in [-0.25, -0.2) is 0 Å². The normalized spacial score (nSPS) is 12.5. The molecule has 0 spiro atoms. The summed E-state index contributed by atoms with van der Waals surface area (Å²) >= 11 is 0. The average Bonchev–Trinajstić information content (AvgIpc) is 2.14. The third kappa shape index (κ3) is 4.70. The molecular formula is C10H16O2Si. The smallest absolute Gasteiger partial charge is 0.169 e. The Morgan fingerprint density at radius 1 is 1.31 bits per heavy atom. The fourth-order valence-corrected chi connectivity index (χ4v) is 1.84. The summed E-state index contributed by atoms with van der Waals surface area (Å²) in [5, 5.41) is 0. The maximum absolute atomic E-state index is 9.13. The van der Waals surface area contributed by atoms with Crippen molar-refractivity contribution in [2.75, 3.05) is 6.61 Å². The second-order valence-corrected chi connectivity index (χ2v) is 5.43. The summed E-state index contributed by atoms with van der Waals surface area (Å²) in [4.78, 5) is 9.13. The highest BCUT2D eigenvalue weighted by Crippen LogP contribution is 2.09. The summed E-state index contributed by atoms with van der Waals surface area (Å²) in [6.07, 6.45) is 0.957. The van der Waals surface area contributed by atoms with E-state index < -0.39 is 9.04 Å². The van der Waals surface area contributed by atoms with Crippen LogP contribution in [0.15, 0.2) is 30.3 Å². The van der Waals surface area contributed by atoms with Crippen molar-refractivity contribution in [2.45, 2.75) is 19.0 Å². The molecule has 0 radical (unpaired) electrons. The molecule has 0 aliphatic rings. The van der Waals surface area contributed by atoms with E-state index in [4.69, 9.17) is 9.53 Å². The Kier molecular flexibility index (Phi) is 4.57. The van der Waals surface area contributed by atoms with Crippen molar-refractivity contribution < 1.29 is 9.53 Å². The predicted octanol–water partition coefficient (Wildman–Crippen LogP) is 1.80. The van der Waals surface area contributed by atoms with E-state index in [-0.39, 0.29) is 0 Å². The zero-order valence-electron chi connectivity index (χ0n) is 7.94. The topological polar surface area (TPSA) is 29.5 Å². The molecule has 0 aliphatic carbocycles. The Morgan fingerprint density at radius 2 is 2.00 bits per heavy atom. The van der Waals surface area contributed by atoms with E-state index in [0.717, 1.165) is 18.2 Å². The van der Waals surface area contributed by atoms with Crippen molar-refractivity contribution in [1.82, 2.24) is 0 Å². The highest BCUT2D eigenvalue weighted by Gasteiger charge is 1.98. The highest BCUT2D eigenvalue weighted by atomic mass is 28.3. The first-order valence-electron chi connectivity index (χ1n) is 4.65. The van der Waals surface area contributed by atoms with Gasteiger partial charge in [-0.05, 0) is 31.1 Å². The van der Waals surface area contributed by atoms with Crippen LogP contribution in [0, 0.1) is 0 Å². The van der Waals surface area contributed by atoms with Crippen LogP contribution < -0.4 is 4.74 Å². The van der Waals surface area contributed by atoms with Crippen molar-refractivity contribution in [2.24, 2.45) is 0 Å². The molecule has 1 aromatic rings. The molecule has 0 bridgehead atoms. The number of benzene rings is 1. The van der Waals surface area contributed by atoms with Crippen LogP contribution >= 0.6 is 0 Å². The lowest BCUT2D eigenvalue weighted by Crippen LogP contribution is -2.07. The third-order valence-electron chi connectivity index (χ3n) is 1.78. The van der Waals surface area contributed by atoms with E-state index >= 15 is 0 Å². The molecule has 1 N–H and O–H groups in total. The van der Waals surface area contributed by atoms with Crippen LogP contribution in [0.3, 0.4) is 0 Å². The lowest BCUT2D eigenvalue weighted by Gasteiger charge is -2.05. The van der Waals surface area contributed by atoms with Crippen LogP contribution in [0.2, 0.25) is 12.6 Å². The Hall–Kier alpha value is -0.803. The van der Waals surface area contributed by atoms with E-state index in [1.807, 2.05) is 36.9 Å². The minimum Gasteiger partial charge on any atom is -0.494 e. The molecule has 0 saturated carbocycles. The summed E-state index contributed by atoms with van der Waals surface area (Å²) < 4.78 is 5.47. The molecule has 1 aromatic carbocycles. The van der Waals surface area contributed by atoms with Crippen molar-refractivity contribution in [1.29, 1.82) is 0 Å². The summed E-state index contributed by atoms with van der Waals surface area (Å²) in [6.45, 7) is 2.64. The first-order valence-corrected chi connectivity index (χ1v) is 7.13. The minimum atomic E-state index is -1.38. The first kappa shape index (κ1) is 10.3. The predicted molar refractivity (Wildman–Crippen MR) is 56.6 cm³/mol. The van der Waals surface area contributed by atoms with Crippen LogP contribution in [0.1, 0.15) is 6.42 Å². The maximum Gasteiger partial charge on any atom is 0.169 e. The van der Waals surface area contributed by atoms with Crippen LogP contribution in [0.5, 0.6) is 5.75 Å². The molecule has 1 rings (SSSR count). The summed E-state index contributed by atoms with van der Waals surface area (Å²) in [6, 6.07) is 10.7. The van der Waals surface area contributed by atoms with Gasteiger partial charge in [0.1, 0.15) is 5.75 Å². The number of para-hydroxylation sites is 1. The van der Waals surface area contributed by atoms with Gasteiger partial charge in [0.25, 0.3) is 0 Å². The Labute approximate surface area is 80.9 Å². The zero-order valence-corrected chi connectivity index (χ0v) is 9.10. The number of rotatable bonds is 5. The minimum absolute atomic E-state index is 0.710. The van der Waals surface area contributed by atoms with Crippen molar-refractivity contribution in [3.8, 4) is 5.75 Å². The standard InChI is InChI=1S/C10H16O2Si/c1-13(11)9-5-8-12-10-6-3-2-4-7-10/h2-4,6-7,11,13H,5,8-9H2,1H3.